The van der Waals surface area contributed by atoms with Crippen LogP contribution in [0.3, 0.4) is 0 Å². The molecule has 2 N–H and O–H groups in total. The van der Waals surface area contributed by atoms with E-state index in [0.29, 0.717) is 5.75 Å². The standard InChI is InChI=1S/C17H21NO/c1-13-9-14(2)11-16(10-13)12-18-8-7-15-3-5-17(19)6-4-15/h3-6,9-11,18-19H,7-8,12H2,1-2H3. The summed E-state index contributed by atoms with van der Waals surface area (Å²) >= 11 is 0. The predicted octanol–water partition coefficient (Wildman–Crippen LogP) is 3.34. The molecule has 0 aromatic heterocycles. The molecule has 0 heterocycles. The summed E-state index contributed by atoms with van der Waals surface area (Å²) in [5.41, 5.74) is 5.21. The van der Waals surface area contributed by atoms with Crippen molar-refractivity contribution in [3.05, 3.63) is 64.7 Å². The van der Waals surface area contributed by atoms with Gasteiger partial charge in [-0.25, -0.2) is 0 Å². The minimum atomic E-state index is 0.326. The van der Waals surface area contributed by atoms with Crippen molar-refractivity contribution in [3.63, 3.8) is 0 Å². The van der Waals surface area contributed by atoms with Gasteiger partial charge in [0, 0.05) is 6.54 Å². The van der Waals surface area contributed by atoms with Crippen molar-refractivity contribution < 1.29 is 5.11 Å². The molecule has 0 unspecified atom stereocenters. The summed E-state index contributed by atoms with van der Waals surface area (Å²) < 4.78 is 0. The van der Waals surface area contributed by atoms with Gasteiger partial charge in [-0.05, 0) is 50.1 Å². The van der Waals surface area contributed by atoms with Crippen molar-refractivity contribution in [2.75, 3.05) is 6.54 Å². The van der Waals surface area contributed by atoms with Gasteiger partial charge in [-0.15, -0.1) is 0 Å². The van der Waals surface area contributed by atoms with E-state index in [2.05, 4.69) is 37.4 Å². The number of aryl methyl sites for hydroxylation is 2. The monoisotopic (exact) mass is 255 g/mol. The van der Waals surface area contributed by atoms with E-state index in [1.807, 2.05) is 12.1 Å². The van der Waals surface area contributed by atoms with E-state index < -0.39 is 0 Å². The fourth-order valence-corrected chi connectivity index (χ4v) is 2.30. The minimum Gasteiger partial charge on any atom is -0.508 e. The Morgan fingerprint density at radius 1 is 0.895 bits per heavy atom. The van der Waals surface area contributed by atoms with Crippen molar-refractivity contribution in [1.82, 2.24) is 5.32 Å². The van der Waals surface area contributed by atoms with Gasteiger partial charge in [-0.2, -0.15) is 0 Å². The normalized spacial score (nSPS) is 10.6. The smallest absolute Gasteiger partial charge is 0.115 e. The third-order valence-corrected chi connectivity index (χ3v) is 3.14. The lowest BCUT2D eigenvalue weighted by Crippen LogP contribution is -2.16. The average molecular weight is 255 g/mol. The van der Waals surface area contributed by atoms with E-state index in [9.17, 15) is 5.11 Å². The Bertz CT molecular complexity index is 511. The Balaban J connectivity index is 1.79. The van der Waals surface area contributed by atoms with Gasteiger partial charge in [0.25, 0.3) is 0 Å². The highest BCUT2D eigenvalue weighted by atomic mass is 16.3. The van der Waals surface area contributed by atoms with Crippen LogP contribution >= 0.6 is 0 Å². The molecule has 2 rings (SSSR count). The topological polar surface area (TPSA) is 32.3 Å². The van der Waals surface area contributed by atoms with Gasteiger partial charge in [-0.1, -0.05) is 41.5 Å². The number of hydrogen-bond acceptors (Lipinski definition) is 2. The third kappa shape index (κ3) is 4.42. The maximum absolute atomic E-state index is 9.21. The van der Waals surface area contributed by atoms with Gasteiger partial charge in [0.2, 0.25) is 0 Å². The first-order chi connectivity index (χ1) is 9.13. The van der Waals surface area contributed by atoms with Crippen molar-refractivity contribution in [1.29, 1.82) is 0 Å². The second-order valence-corrected chi connectivity index (χ2v) is 5.09. The number of benzene rings is 2. The summed E-state index contributed by atoms with van der Waals surface area (Å²) in [6, 6.07) is 14.0. The Morgan fingerprint density at radius 2 is 1.53 bits per heavy atom. The minimum absolute atomic E-state index is 0.326. The molecule has 19 heavy (non-hydrogen) atoms. The molecule has 0 aliphatic carbocycles. The van der Waals surface area contributed by atoms with Crippen LogP contribution in [0.5, 0.6) is 5.75 Å². The van der Waals surface area contributed by atoms with Gasteiger partial charge in [-0.3, -0.25) is 0 Å². The molecule has 0 saturated carbocycles. The van der Waals surface area contributed by atoms with Gasteiger partial charge < -0.3 is 10.4 Å². The SMILES string of the molecule is Cc1cc(C)cc(CNCCc2ccc(O)cc2)c1. The summed E-state index contributed by atoms with van der Waals surface area (Å²) in [4.78, 5) is 0. The molecule has 0 aliphatic rings. The molecule has 0 amide bonds. The van der Waals surface area contributed by atoms with E-state index in [1.165, 1.54) is 22.3 Å². The van der Waals surface area contributed by atoms with E-state index in [0.717, 1.165) is 19.5 Å². The van der Waals surface area contributed by atoms with Crippen LogP contribution in [0.4, 0.5) is 0 Å². The van der Waals surface area contributed by atoms with Crippen LogP contribution in [0, 0.1) is 13.8 Å². The lowest BCUT2D eigenvalue weighted by molar-refractivity contribution is 0.475. The molecule has 0 saturated heterocycles. The quantitative estimate of drug-likeness (QED) is 0.803. The van der Waals surface area contributed by atoms with Crippen LogP contribution in [-0.2, 0) is 13.0 Å². The number of phenolic OH excluding ortho intramolecular Hbond substituents is 1. The van der Waals surface area contributed by atoms with Crippen LogP contribution in [-0.4, -0.2) is 11.7 Å². The fourth-order valence-electron chi connectivity index (χ4n) is 2.30. The molecule has 0 radical (unpaired) electrons. The first-order valence-corrected chi connectivity index (χ1v) is 6.69. The molecule has 2 nitrogen and oxygen atoms in total. The lowest BCUT2D eigenvalue weighted by Gasteiger charge is -2.07. The molecule has 0 fully saturated rings. The fraction of sp³-hybridized carbons (Fsp3) is 0.294. The molecule has 0 spiro atoms. The molecule has 100 valence electrons. The maximum atomic E-state index is 9.21. The Kier molecular flexibility index (Phi) is 4.58. The zero-order valence-corrected chi connectivity index (χ0v) is 11.6. The van der Waals surface area contributed by atoms with E-state index in [-0.39, 0.29) is 0 Å². The van der Waals surface area contributed by atoms with Gasteiger partial charge >= 0.3 is 0 Å². The van der Waals surface area contributed by atoms with E-state index in [4.69, 9.17) is 0 Å². The van der Waals surface area contributed by atoms with Crippen LogP contribution in [0.15, 0.2) is 42.5 Å². The number of hydrogen-bond donors (Lipinski definition) is 2. The first-order valence-electron chi connectivity index (χ1n) is 6.69. The highest BCUT2D eigenvalue weighted by molar-refractivity contribution is 5.28. The highest BCUT2D eigenvalue weighted by Crippen LogP contribution is 2.10. The number of phenols is 1. The van der Waals surface area contributed by atoms with Crippen LogP contribution in [0.2, 0.25) is 0 Å². The summed E-state index contributed by atoms with van der Waals surface area (Å²) in [5, 5.41) is 12.7. The van der Waals surface area contributed by atoms with E-state index in [1.54, 1.807) is 12.1 Å². The average Bonchev–Trinajstić information content (AvgIpc) is 2.36. The van der Waals surface area contributed by atoms with Crippen molar-refractivity contribution in [3.8, 4) is 5.75 Å². The van der Waals surface area contributed by atoms with Gasteiger partial charge in [0.05, 0.1) is 0 Å². The Morgan fingerprint density at radius 3 is 2.16 bits per heavy atom. The second kappa shape index (κ2) is 6.39. The number of nitrogens with one attached hydrogen (secondary N) is 1. The highest BCUT2D eigenvalue weighted by Gasteiger charge is 1.97. The van der Waals surface area contributed by atoms with Gasteiger partial charge in [0.15, 0.2) is 0 Å². The summed E-state index contributed by atoms with van der Waals surface area (Å²) in [5.74, 6) is 0.326. The van der Waals surface area contributed by atoms with Gasteiger partial charge in [0.1, 0.15) is 5.75 Å². The summed E-state index contributed by atoms with van der Waals surface area (Å²) in [6.45, 7) is 6.11. The van der Waals surface area contributed by atoms with Crippen molar-refractivity contribution in [2.24, 2.45) is 0 Å². The largest absolute Gasteiger partial charge is 0.508 e. The summed E-state index contributed by atoms with van der Waals surface area (Å²) in [7, 11) is 0. The van der Waals surface area contributed by atoms with Crippen LogP contribution in [0.1, 0.15) is 22.3 Å². The maximum Gasteiger partial charge on any atom is 0.115 e. The van der Waals surface area contributed by atoms with Crippen LogP contribution < -0.4 is 5.32 Å². The zero-order chi connectivity index (χ0) is 13.7. The van der Waals surface area contributed by atoms with Crippen molar-refractivity contribution in [2.45, 2.75) is 26.8 Å². The lowest BCUT2D eigenvalue weighted by atomic mass is 10.1. The third-order valence-electron chi connectivity index (χ3n) is 3.14. The Hall–Kier alpha value is -1.80. The van der Waals surface area contributed by atoms with Crippen LogP contribution in [0.25, 0.3) is 0 Å². The molecular weight excluding hydrogens is 234 g/mol. The zero-order valence-electron chi connectivity index (χ0n) is 11.6. The summed E-state index contributed by atoms with van der Waals surface area (Å²) in [6.07, 6.45) is 0.977. The molecule has 2 aromatic carbocycles. The number of rotatable bonds is 5. The van der Waals surface area contributed by atoms with E-state index >= 15 is 0 Å². The molecule has 0 atom stereocenters. The second-order valence-electron chi connectivity index (χ2n) is 5.09. The number of aromatic hydroxyl groups is 1. The predicted molar refractivity (Wildman–Crippen MR) is 79.4 cm³/mol. The molecule has 2 heteroatoms. The first kappa shape index (κ1) is 13.6. The Labute approximate surface area is 115 Å². The van der Waals surface area contributed by atoms with Crippen molar-refractivity contribution >= 4 is 0 Å². The molecule has 0 bridgehead atoms. The molecule has 0 aliphatic heterocycles. The molecular formula is C17H21NO. The molecule has 2 aromatic rings.